The Morgan fingerprint density at radius 2 is 2.00 bits per heavy atom. The normalized spacial score (nSPS) is 13.4. The summed E-state index contributed by atoms with van der Waals surface area (Å²) < 4.78 is 2.02. The number of carbonyl (C=O) groups excluding carboxylic acids is 2. The van der Waals surface area contributed by atoms with Crippen molar-refractivity contribution in [1.29, 1.82) is 0 Å². The molecule has 1 aromatic carbocycles. The summed E-state index contributed by atoms with van der Waals surface area (Å²) in [5.41, 5.74) is 2.65. The highest BCUT2D eigenvalue weighted by Crippen LogP contribution is 2.29. The van der Waals surface area contributed by atoms with E-state index in [1.807, 2.05) is 67.7 Å². The van der Waals surface area contributed by atoms with Gasteiger partial charge in [-0.1, -0.05) is 17.7 Å². The minimum absolute atomic E-state index is 0.0283. The maximum atomic E-state index is 13.1. The number of benzene rings is 1. The van der Waals surface area contributed by atoms with Gasteiger partial charge in [-0.3, -0.25) is 4.79 Å². The van der Waals surface area contributed by atoms with Crippen LogP contribution in [0.15, 0.2) is 36.5 Å². The van der Waals surface area contributed by atoms with Crippen LogP contribution in [-0.4, -0.2) is 44.9 Å². The summed E-state index contributed by atoms with van der Waals surface area (Å²) in [4.78, 5) is 29.4. The Labute approximate surface area is 177 Å². The smallest absolute Gasteiger partial charge is 0.322 e. The summed E-state index contributed by atoms with van der Waals surface area (Å²) in [5.74, 6) is -0.0283. The van der Waals surface area contributed by atoms with Gasteiger partial charge in [-0.25, -0.2) is 4.79 Å². The molecule has 0 bridgehead atoms. The van der Waals surface area contributed by atoms with Crippen molar-refractivity contribution < 1.29 is 9.59 Å². The summed E-state index contributed by atoms with van der Waals surface area (Å²) in [5, 5.41) is 3.46. The van der Waals surface area contributed by atoms with Gasteiger partial charge in [-0.15, -0.1) is 0 Å². The molecule has 1 N–H and O–H groups in total. The summed E-state index contributed by atoms with van der Waals surface area (Å²) in [6, 6.07) is 9.25. The number of aromatic nitrogens is 1. The van der Waals surface area contributed by atoms with Gasteiger partial charge in [0.15, 0.2) is 0 Å². The standard InChI is InChI=1S/C22H29ClN4O2/c1-15(2)26(22(29)24-17-8-7-16(3)20(23)12-17)14-21(28)27(18-9-10-18)13-19-6-5-11-25(19)4/h5-8,11-12,15,18H,9-10,13-14H2,1-4H3,(H,24,29). The zero-order valence-electron chi connectivity index (χ0n) is 17.5. The van der Waals surface area contributed by atoms with E-state index in [0.29, 0.717) is 17.3 Å². The highest BCUT2D eigenvalue weighted by Gasteiger charge is 2.34. The molecular formula is C22H29ClN4O2. The van der Waals surface area contributed by atoms with Crippen molar-refractivity contribution in [3.05, 3.63) is 52.8 Å². The number of urea groups is 1. The Morgan fingerprint density at radius 3 is 2.55 bits per heavy atom. The second-order valence-corrected chi connectivity index (χ2v) is 8.39. The first kappa shape index (κ1) is 21.2. The van der Waals surface area contributed by atoms with Crippen molar-refractivity contribution in [3.63, 3.8) is 0 Å². The second-order valence-electron chi connectivity index (χ2n) is 7.98. The average molecular weight is 417 g/mol. The van der Waals surface area contributed by atoms with Crippen molar-refractivity contribution in [2.45, 2.75) is 52.2 Å². The maximum Gasteiger partial charge on any atom is 0.322 e. The van der Waals surface area contributed by atoms with Crippen LogP contribution in [0.5, 0.6) is 0 Å². The van der Waals surface area contributed by atoms with Crippen LogP contribution in [0.1, 0.15) is 37.9 Å². The van der Waals surface area contributed by atoms with Crippen LogP contribution >= 0.6 is 11.6 Å². The van der Waals surface area contributed by atoms with Crippen LogP contribution in [0.3, 0.4) is 0 Å². The van der Waals surface area contributed by atoms with Crippen LogP contribution in [0.2, 0.25) is 5.02 Å². The zero-order valence-corrected chi connectivity index (χ0v) is 18.2. The minimum Gasteiger partial charge on any atom is -0.353 e. The van der Waals surface area contributed by atoms with Crippen molar-refractivity contribution in [2.24, 2.45) is 7.05 Å². The molecule has 1 saturated carbocycles. The number of carbonyl (C=O) groups is 2. The molecule has 0 radical (unpaired) electrons. The average Bonchev–Trinajstić information content (AvgIpc) is 3.42. The van der Waals surface area contributed by atoms with Gasteiger partial charge in [0.1, 0.15) is 6.54 Å². The molecule has 3 rings (SSSR count). The molecule has 0 aliphatic heterocycles. The van der Waals surface area contributed by atoms with Gasteiger partial charge in [0.05, 0.1) is 6.54 Å². The number of hydrogen-bond acceptors (Lipinski definition) is 2. The first-order valence-electron chi connectivity index (χ1n) is 9.99. The van der Waals surface area contributed by atoms with E-state index < -0.39 is 0 Å². The fraction of sp³-hybridized carbons (Fsp3) is 0.455. The van der Waals surface area contributed by atoms with Crippen molar-refractivity contribution in [1.82, 2.24) is 14.4 Å². The minimum atomic E-state index is -0.303. The van der Waals surface area contributed by atoms with Gasteiger partial charge < -0.3 is 19.7 Å². The van der Waals surface area contributed by atoms with Crippen LogP contribution in [0.4, 0.5) is 10.5 Å². The molecule has 3 amide bonds. The monoisotopic (exact) mass is 416 g/mol. The molecule has 1 fully saturated rings. The first-order chi connectivity index (χ1) is 13.8. The summed E-state index contributed by atoms with van der Waals surface area (Å²) in [6.45, 7) is 6.34. The molecule has 7 heteroatoms. The number of hydrogen-bond donors (Lipinski definition) is 1. The lowest BCUT2D eigenvalue weighted by molar-refractivity contribution is -0.133. The maximum absolute atomic E-state index is 13.1. The molecule has 1 aliphatic carbocycles. The van der Waals surface area contributed by atoms with Crippen LogP contribution in [0, 0.1) is 6.92 Å². The highest BCUT2D eigenvalue weighted by molar-refractivity contribution is 6.31. The van der Waals surface area contributed by atoms with Gasteiger partial charge in [0.2, 0.25) is 5.91 Å². The van der Waals surface area contributed by atoms with E-state index in [0.717, 1.165) is 24.1 Å². The fourth-order valence-corrected chi connectivity index (χ4v) is 3.41. The lowest BCUT2D eigenvalue weighted by atomic mass is 10.2. The Bertz CT molecular complexity index is 889. The first-order valence-corrected chi connectivity index (χ1v) is 10.4. The Hall–Kier alpha value is -2.47. The third-order valence-corrected chi connectivity index (χ3v) is 5.71. The van der Waals surface area contributed by atoms with Gasteiger partial charge in [0, 0.05) is 41.7 Å². The van der Waals surface area contributed by atoms with Gasteiger partial charge >= 0.3 is 6.03 Å². The number of anilines is 1. The van der Waals surface area contributed by atoms with E-state index in [1.165, 1.54) is 0 Å². The number of amides is 3. The van der Waals surface area contributed by atoms with E-state index >= 15 is 0 Å². The Kier molecular flexibility index (Phi) is 6.52. The molecule has 0 unspecified atom stereocenters. The third-order valence-electron chi connectivity index (χ3n) is 5.30. The number of rotatable bonds is 7. The number of aryl methyl sites for hydroxylation is 2. The van der Waals surface area contributed by atoms with Crippen molar-refractivity contribution in [3.8, 4) is 0 Å². The van der Waals surface area contributed by atoms with E-state index in [4.69, 9.17) is 11.6 Å². The van der Waals surface area contributed by atoms with E-state index in [2.05, 4.69) is 5.32 Å². The molecule has 0 atom stereocenters. The molecule has 2 aromatic rings. The molecule has 29 heavy (non-hydrogen) atoms. The fourth-order valence-electron chi connectivity index (χ4n) is 3.23. The SMILES string of the molecule is Cc1ccc(NC(=O)N(CC(=O)N(Cc2cccn2C)C2CC2)C(C)C)cc1Cl. The van der Waals surface area contributed by atoms with Crippen molar-refractivity contribution >= 4 is 29.2 Å². The third kappa shape index (κ3) is 5.32. The number of nitrogens with zero attached hydrogens (tertiary/aromatic N) is 3. The number of halogens is 1. The van der Waals surface area contributed by atoms with Crippen LogP contribution in [0.25, 0.3) is 0 Å². The molecule has 1 aromatic heterocycles. The number of nitrogens with one attached hydrogen (secondary N) is 1. The Balaban J connectivity index is 1.69. The molecule has 156 valence electrons. The summed E-state index contributed by atoms with van der Waals surface area (Å²) in [6.07, 6.45) is 4.02. The second kappa shape index (κ2) is 8.91. The molecule has 1 heterocycles. The van der Waals surface area contributed by atoms with E-state index in [1.54, 1.807) is 11.0 Å². The summed E-state index contributed by atoms with van der Waals surface area (Å²) in [7, 11) is 1.98. The van der Waals surface area contributed by atoms with Gasteiger partial charge in [0.25, 0.3) is 0 Å². The predicted molar refractivity (Wildman–Crippen MR) is 116 cm³/mol. The predicted octanol–water partition coefficient (Wildman–Crippen LogP) is 4.42. The van der Waals surface area contributed by atoms with Crippen LogP contribution < -0.4 is 5.32 Å². The topological polar surface area (TPSA) is 57.6 Å². The lowest BCUT2D eigenvalue weighted by Gasteiger charge is -2.30. The summed E-state index contributed by atoms with van der Waals surface area (Å²) >= 11 is 6.16. The highest BCUT2D eigenvalue weighted by atomic mass is 35.5. The quantitative estimate of drug-likeness (QED) is 0.726. The molecule has 1 aliphatic rings. The van der Waals surface area contributed by atoms with Gasteiger partial charge in [-0.05, 0) is 63.4 Å². The van der Waals surface area contributed by atoms with E-state index in [9.17, 15) is 9.59 Å². The molecule has 0 saturated heterocycles. The van der Waals surface area contributed by atoms with Crippen LogP contribution in [-0.2, 0) is 18.4 Å². The molecule has 0 spiro atoms. The lowest BCUT2D eigenvalue weighted by Crippen LogP contribution is -2.48. The molecular weight excluding hydrogens is 388 g/mol. The molecule has 6 nitrogen and oxygen atoms in total. The largest absolute Gasteiger partial charge is 0.353 e. The van der Waals surface area contributed by atoms with Gasteiger partial charge in [-0.2, -0.15) is 0 Å². The Morgan fingerprint density at radius 1 is 1.28 bits per heavy atom. The van der Waals surface area contributed by atoms with Crippen molar-refractivity contribution in [2.75, 3.05) is 11.9 Å². The van der Waals surface area contributed by atoms with E-state index in [-0.39, 0.29) is 30.6 Å². The zero-order chi connectivity index (χ0) is 21.1.